The van der Waals surface area contributed by atoms with Gasteiger partial charge >= 0.3 is 0 Å². The monoisotopic (exact) mass is 324 g/mol. The molecule has 0 unspecified atom stereocenters. The average molecular weight is 324 g/mol. The van der Waals surface area contributed by atoms with Crippen LogP contribution in [-0.2, 0) is 4.79 Å². The van der Waals surface area contributed by atoms with Crippen LogP contribution in [0.1, 0.15) is 46.9 Å². The van der Waals surface area contributed by atoms with Gasteiger partial charge in [-0.1, -0.05) is 37.6 Å². The standard InChI is InChI=1S/C19H20N2O3/c1-2-3-11-20-16(22)10-12-21-18(23)14-8-4-6-13-7-5-9-15(17(13)14)19(21)24/h4-9H,2-3,10-12H2,1H3,(H,20,22). The highest BCUT2D eigenvalue weighted by Gasteiger charge is 2.32. The van der Waals surface area contributed by atoms with Crippen molar-refractivity contribution in [3.05, 3.63) is 47.5 Å². The van der Waals surface area contributed by atoms with Gasteiger partial charge in [-0.3, -0.25) is 19.3 Å². The molecule has 5 heteroatoms. The number of benzene rings is 2. The van der Waals surface area contributed by atoms with Crippen LogP contribution in [0.5, 0.6) is 0 Å². The summed E-state index contributed by atoms with van der Waals surface area (Å²) in [6.45, 7) is 2.77. The number of amides is 3. The maximum absolute atomic E-state index is 12.7. The summed E-state index contributed by atoms with van der Waals surface area (Å²) in [5.74, 6) is -0.794. The minimum absolute atomic E-state index is 0.0976. The predicted molar refractivity (Wildman–Crippen MR) is 91.8 cm³/mol. The lowest BCUT2D eigenvalue weighted by atomic mass is 9.94. The molecule has 0 aliphatic carbocycles. The molecule has 0 saturated carbocycles. The Morgan fingerprint density at radius 1 is 1.04 bits per heavy atom. The zero-order chi connectivity index (χ0) is 17.1. The summed E-state index contributed by atoms with van der Waals surface area (Å²) in [5.41, 5.74) is 1.04. The minimum Gasteiger partial charge on any atom is -0.356 e. The second kappa shape index (κ2) is 6.83. The summed E-state index contributed by atoms with van der Waals surface area (Å²) in [7, 11) is 0. The summed E-state index contributed by atoms with van der Waals surface area (Å²) in [6, 6.07) is 10.9. The van der Waals surface area contributed by atoms with Crippen LogP contribution < -0.4 is 5.32 Å². The molecule has 2 aromatic rings. The summed E-state index contributed by atoms with van der Waals surface area (Å²) in [4.78, 5) is 38.3. The van der Waals surface area contributed by atoms with E-state index in [1.807, 2.05) is 24.3 Å². The van der Waals surface area contributed by atoms with Crippen molar-refractivity contribution in [3.63, 3.8) is 0 Å². The van der Waals surface area contributed by atoms with Crippen LogP contribution in [0.4, 0.5) is 0 Å². The number of carbonyl (C=O) groups is 3. The van der Waals surface area contributed by atoms with Crippen LogP contribution in [0, 0.1) is 0 Å². The molecule has 0 radical (unpaired) electrons. The molecule has 1 heterocycles. The Hall–Kier alpha value is -2.69. The lowest BCUT2D eigenvalue weighted by molar-refractivity contribution is -0.121. The normalized spacial score (nSPS) is 13.5. The van der Waals surface area contributed by atoms with Gasteiger partial charge in [-0.2, -0.15) is 0 Å². The van der Waals surface area contributed by atoms with Crippen molar-refractivity contribution in [2.45, 2.75) is 26.2 Å². The zero-order valence-corrected chi connectivity index (χ0v) is 13.7. The number of hydrogen-bond acceptors (Lipinski definition) is 3. The largest absolute Gasteiger partial charge is 0.356 e. The van der Waals surface area contributed by atoms with E-state index in [1.54, 1.807) is 12.1 Å². The Morgan fingerprint density at radius 3 is 2.25 bits per heavy atom. The van der Waals surface area contributed by atoms with Gasteiger partial charge < -0.3 is 5.32 Å². The molecule has 3 rings (SSSR count). The molecule has 0 fully saturated rings. The van der Waals surface area contributed by atoms with Gasteiger partial charge in [0.15, 0.2) is 0 Å². The van der Waals surface area contributed by atoms with Crippen molar-refractivity contribution < 1.29 is 14.4 Å². The number of nitrogens with zero attached hydrogens (tertiary/aromatic N) is 1. The maximum atomic E-state index is 12.7. The van der Waals surface area contributed by atoms with Crippen molar-refractivity contribution in [3.8, 4) is 0 Å². The number of unbranched alkanes of at least 4 members (excludes halogenated alkanes) is 1. The molecule has 1 aliphatic rings. The molecule has 1 aliphatic heterocycles. The fraction of sp³-hybridized carbons (Fsp3) is 0.316. The van der Waals surface area contributed by atoms with E-state index in [-0.39, 0.29) is 30.7 Å². The quantitative estimate of drug-likeness (QED) is 0.656. The maximum Gasteiger partial charge on any atom is 0.261 e. The number of imide groups is 1. The molecule has 0 saturated heterocycles. The van der Waals surface area contributed by atoms with Crippen LogP contribution in [0.15, 0.2) is 36.4 Å². The molecule has 0 spiro atoms. The Balaban J connectivity index is 1.79. The van der Waals surface area contributed by atoms with Gasteiger partial charge in [-0.25, -0.2) is 0 Å². The van der Waals surface area contributed by atoms with E-state index in [0.717, 1.165) is 18.2 Å². The van der Waals surface area contributed by atoms with Gasteiger partial charge in [0.2, 0.25) is 5.91 Å². The Kier molecular flexibility index (Phi) is 4.60. The van der Waals surface area contributed by atoms with Crippen molar-refractivity contribution in [1.82, 2.24) is 10.2 Å². The molecule has 124 valence electrons. The van der Waals surface area contributed by atoms with E-state index in [2.05, 4.69) is 12.2 Å². The Labute approximate surface area is 140 Å². The topological polar surface area (TPSA) is 66.5 Å². The second-order valence-corrected chi connectivity index (χ2v) is 5.92. The van der Waals surface area contributed by atoms with Crippen LogP contribution in [0.25, 0.3) is 10.8 Å². The zero-order valence-electron chi connectivity index (χ0n) is 13.7. The molecule has 2 aromatic carbocycles. The number of rotatable bonds is 6. The summed E-state index contributed by atoms with van der Waals surface area (Å²) in [5, 5.41) is 4.39. The molecule has 0 atom stereocenters. The van der Waals surface area contributed by atoms with Gasteiger partial charge in [0.25, 0.3) is 11.8 Å². The third kappa shape index (κ3) is 2.89. The fourth-order valence-electron chi connectivity index (χ4n) is 2.99. The SMILES string of the molecule is CCCCNC(=O)CCN1C(=O)c2cccc3cccc(c23)C1=O. The molecule has 1 N–H and O–H groups in total. The van der Waals surface area contributed by atoms with E-state index < -0.39 is 0 Å². The minimum atomic E-state index is -0.328. The molecule has 24 heavy (non-hydrogen) atoms. The average Bonchev–Trinajstić information content (AvgIpc) is 2.59. The first kappa shape index (κ1) is 16.2. The van der Waals surface area contributed by atoms with Crippen molar-refractivity contribution in [2.75, 3.05) is 13.1 Å². The Bertz CT molecular complexity index is 763. The molecule has 3 amide bonds. The van der Waals surface area contributed by atoms with Crippen molar-refractivity contribution >= 4 is 28.5 Å². The van der Waals surface area contributed by atoms with E-state index in [0.29, 0.717) is 23.1 Å². The third-order valence-corrected chi connectivity index (χ3v) is 4.27. The van der Waals surface area contributed by atoms with Crippen molar-refractivity contribution in [2.24, 2.45) is 0 Å². The molecule has 0 aromatic heterocycles. The van der Waals surface area contributed by atoms with E-state index in [1.165, 1.54) is 4.90 Å². The van der Waals surface area contributed by atoms with E-state index >= 15 is 0 Å². The van der Waals surface area contributed by atoms with Crippen LogP contribution >= 0.6 is 0 Å². The van der Waals surface area contributed by atoms with Gasteiger partial charge in [0, 0.05) is 36.0 Å². The molecular weight excluding hydrogens is 304 g/mol. The van der Waals surface area contributed by atoms with Crippen LogP contribution in [0.2, 0.25) is 0 Å². The van der Waals surface area contributed by atoms with Gasteiger partial charge in [0.05, 0.1) is 0 Å². The lowest BCUT2D eigenvalue weighted by Gasteiger charge is -2.27. The number of nitrogens with one attached hydrogen (secondary N) is 1. The highest BCUT2D eigenvalue weighted by atomic mass is 16.2. The van der Waals surface area contributed by atoms with Gasteiger partial charge in [0.1, 0.15) is 0 Å². The molecule has 0 bridgehead atoms. The van der Waals surface area contributed by atoms with Crippen LogP contribution in [-0.4, -0.2) is 35.7 Å². The molecular formula is C19H20N2O3. The first-order valence-electron chi connectivity index (χ1n) is 8.28. The highest BCUT2D eigenvalue weighted by molar-refractivity contribution is 6.25. The predicted octanol–water partition coefficient (Wildman–Crippen LogP) is 2.74. The molecule has 5 nitrogen and oxygen atoms in total. The second-order valence-electron chi connectivity index (χ2n) is 5.92. The van der Waals surface area contributed by atoms with E-state index in [4.69, 9.17) is 0 Å². The third-order valence-electron chi connectivity index (χ3n) is 4.27. The van der Waals surface area contributed by atoms with E-state index in [9.17, 15) is 14.4 Å². The summed E-state index contributed by atoms with van der Waals surface area (Å²) >= 11 is 0. The number of carbonyl (C=O) groups excluding carboxylic acids is 3. The first-order chi connectivity index (χ1) is 11.6. The number of hydrogen-bond donors (Lipinski definition) is 1. The fourth-order valence-corrected chi connectivity index (χ4v) is 2.99. The smallest absolute Gasteiger partial charge is 0.261 e. The van der Waals surface area contributed by atoms with Crippen LogP contribution in [0.3, 0.4) is 0 Å². The highest BCUT2D eigenvalue weighted by Crippen LogP contribution is 2.29. The summed E-state index contributed by atoms with van der Waals surface area (Å²) in [6.07, 6.45) is 2.05. The van der Waals surface area contributed by atoms with Gasteiger partial charge in [-0.05, 0) is 23.9 Å². The van der Waals surface area contributed by atoms with Gasteiger partial charge in [-0.15, -0.1) is 0 Å². The Morgan fingerprint density at radius 2 is 1.67 bits per heavy atom. The lowest BCUT2D eigenvalue weighted by Crippen LogP contribution is -2.42. The first-order valence-corrected chi connectivity index (χ1v) is 8.28. The van der Waals surface area contributed by atoms with Crippen molar-refractivity contribution in [1.29, 1.82) is 0 Å². The summed E-state index contributed by atoms with van der Waals surface area (Å²) < 4.78 is 0.